The second-order valence-corrected chi connectivity index (χ2v) is 10.8. The zero-order valence-corrected chi connectivity index (χ0v) is 24.9. The molecule has 4 amide bonds. The molecular formula is C34H25F3N6O5. The SMILES string of the molecule is O=C(Nc1cc(N=C([O-])Cc2ccccc2)cc(C(F)(F)F)c1)Nc1c[n+](Cc2cccc(CN3C(=O)c4ccccc4C3=O)c2)no1. The molecule has 48 heavy (non-hydrogen) atoms. The standard InChI is InChI=1S/C34H25F3N6O5/c35-34(36,37)24-15-25(38-29(44)14-21-7-2-1-3-8-21)17-26(16-24)39-33(47)40-30-20-42(41-48-30)18-22-9-6-10-23(13-22)19-43-31(45)27-11-4-5-12-28(27)32(43)46/h1-13,15-17,20H,14,18-19H2,(H2-,38,39,40,41,44,47). The van der Waals surface area contributed by atoms with Gasteiger partial charge in [-0.25, -0.2) is 4.79 Å². The first kappa shape index (κ1) is 31.7. The number of alkyl halides is 3. The number of aliphatic imine (C=N–C) groups is 1. The van der Waals surface area contributed by atoms with Crippen LogP contribution in [0.1, 0.15) is 43.0 Å². The Morgan fingerprint density at radius 3 is 2.23 bits per heavy atom. The number of fused-ring (bicyclic) bond motifs is 1. The van der Waals surface area contributed by atoms with E-state index in [0.29, 0.717) is 22.3 Å². The maximum Gasteiger partial charge on any atom is 0.416 e. The molecule has 0 spiro atoms. The van der Waals surface area contributed by atoms with Crippen molar-refractivity contribution in [1.82, 2.24) is 10.2 Å². The Bertz CT molecular complexity index is 2010. The minimum absolute atomic E-state index is 0.0718. The van der Waals surface area contributed by atoms with E-state index in [1.54, 1.807) is 78.9 Å². The lowest BCUT2D eigenvalue weighted by Crippen LogP contribution is -2.35. The Balaban J connectivity index is 1.09. The molecule has 0 atom stereocenters. The summed E-state index contributed by atoms with van der Waals surface area (Å²) in [5.41, 5.74) is 1.19. The third kappa shape index (κ3) is 7.39. The number of hydrogen-bond acceptors (Lipinski definition) is 7. The minimum atomic E-state index is -4.76. The number of hydrogen-bond donors (Lipinski definition) is 2. The van der Waals surface area contributed by atoms with Crippen LogP contribution in [0.3, 0.4) is 0 Å². The number of halogens is 3. The molecule has 14 heteroatoms. The average molecular weight is 655 g/mol. The second kappa shape index (κ2) is 13.2. The molecule has 1 aliphatic rings. The summed E-state index contributed by atoms with van der Waals surface area (Å²) < 4.78 is 47.3. The third-order valence-electron chi connectivity index (χ3n) is 7.26. The first-order valence-electron chi connectivity index (χ1n) is 14.5. The summed E-state index contributed by atoms with van der Waals surface area (Å²) in [7, 11) is 0. The molecule has 0 saturated heterocycles. The van der Waals surface area contributed by atoms with Crippen LogP contribution < -0.4 is 20.4 Å². The number of nitrogens with zero attached hydrogens (tertiary/aromatic N) is 4. The molecule has 0 aliphatic carbocycles. The van der Waals surface area contributed by atoms with Gasteiger partial charge in [0, 0.05) is 17.7 Å². The predicted molar refractivity (Wildman–Crippen MR) is 164 cm³/mol. The highest BCUT2D eigenvalue weighted by molar-refractivity contribution is 6.21. The molecule has 4 aromatic carbocycles. The predicted octanol–water partition coefficient (Wildman–Crippen LogP) is 5.10. The lowest BCUT2D eigenvalue weighted by Gasteiger charge is -2.14. The summed E-state index contributed by atoms with van der Waals surface area (Å²) in [6.45, 7) is 0.265. The highest BCUT2D eigenvalue weighted by atomic mass is 19.4. The molecule has 6 rings (SSSR count). The van der Waals surface area contributed by atoms with Crippen molar-refractivity contribution in [3.05, 3.63) is 137 Å². The molecule has 0 fully saturated rings. The molecule has 11 nitrogen and oxygen atoms in total. The van der Waals surface area contributed by atoms with Crippen molar-refractivity contribution in [1.29, 1.82) is 0 Å². The van der Waals surface area contributed by atoms with Crippen LogP contribution in [0.4, 0.5) is 35.2 Å². The number of amides is 4. The van der Waals surface area contributed by atoms with Gasteiger partial charge in [0.15, 0.2) is 0 Å². The largest absolute Gasteiger partial charge is 0.861 e. The molecule has 0 unspecified atom stereocenters. The van der Waals surface area contributed by atoms with Crippen molar-refractivity contribution in [2.45, 2.75) is 25.7 Å². The van der Waals surface area contributed by atoms with Gasteiger partial charge >= 0.3 is 18.1 Å². The number of anilines is 2. The average Bonchev–Trinajstić information content (AvgIpc) is 3.58. The second-order valence-electron chi connectivity index (χ2n) is 10.8. The normalized spacial score (nSPS) is 13.1. The summed E-state index contributed by atoms with van der Waals surface area (Å²) in [4.78, 5) is 43.1. The number of benzene rings is 4. The lowest BCUT2D eigenvalue weighted by molar-refractivity contribution is -0.754. The third-order valence-corrected chi connectivity index (χ3v) is 7.26. The van der Waals surface area contributed by atoms with Crippen molar-refractivity contribution in [3.8, 4) is 0 Å². The van der Waals surface area contributed by atoms with Crippen LogP contribution in [0.25, 0.3) is 0 Å². The quantitative estimate of drug-likeness (QED) is 0.0980. The Morgan fingerprint density at radius 2 is 1.52 bits per heavy atom. The van der Waals surface area contributed by atoms with Crippen molar-refractivity contribution in [2.24, 2.45) is 4.99 Å². The first-order chi connectivity index (χ1) is 23.0. The minimum Gasteiger partial charge on any atom is -0.861 e. The van der Waals surface area contributed by atoms with Gasteiger partial charge in [0.25, 0.3) is 18.0 Å². The number of urea groups is 1. The Hall–Kier alpha value is -6.31. The van der Waals surface area contributed by atoms with E-state index in [0.717, 1.165) is 23.8 Å². The Labute approximate surface area is 270 Å². The molecule has 1 aliphatic heterocycles. The maximum absolute atomic E-state index is 13.6. The van der Waals surface area contributed by atoms with Crippen LogP contribution >= 0.6 is 0 Å². The number of rotatable bonds is 9. The summed E-state index contributed by atoms with van der Waals surface area (Å²) in [6, 6.07) is 24.0. The van der Waals surface area contributed by atoms with Crippen molar-refractivity contribution in [3.63, 3.8) is 0 Å². The van der Waals surface area contributed by atoms with Crippen LogP contribution in [0.15, 0.2) is 113 Å². The van der Waals surface area contributed by atoms with Crippen LogP contribution in [-0.4, -0.2) is 33.9 Å². The van der Waals surface area contributed by atoms with Gasteiger partial charge < -0.3 is 10.4 Å². The Kier molecular flexibility index (Phi) is 8.71. The van der Waals surface area contributed by atoms with Crippen molar-refractivity contribution >= 4 is 41.0 Å². The number of aromatic nitrogens is 2. The molecule has 0 radical (unpaired) electrons. The van der Waals surface area contributed by atoms with Gasteiger partial charge in [-0.2, -0.15) is 13.2 Å². The van der Waals surface area contributed by atoms with Gasteiger partial charge in [-0.1, -0.05) is 60.7 Å². The van der Waals surface area contributed by atoms with E-state index in [2.05, 4.69) is 20.9 Å². The monoisotopic (exact) mass is 654 g/mol. The molecule has 5 aromatic rings. The Morgan fingerprint density at radius 1 is 0.854 bits per heavy atom. The summed E-state index contributed by atoms with van der Waals surface area (Å²) >= 11 is 0. The van der Waals surface area contributed by atoms with E-state index in [1.807, 2.05) is 0 Å². The van der Waals surface area contributed by atoms with Crippen LogP contribution in [0.2, 0.25) is 0 Å². The molecule has 242 valence electrons. The molecule has 1 aromatic heterocycles. The van der Waals surface area contributed by atoms with Crippen LogP contribution in [0.5, 0.6) is 0 Å². The van der Waals surface area contributed by atoms with E-state index in [1.165, 1.54) is 15.8 Å². The van der Waals surface area contributed by atoms with E-state index in [9.17, 15) is 32.7 Å². The van der Waals surface area contributed by atoms with Gasteiger partial charge in [-0.15, -0.1) is 0 Å². The summed E-state index contributed by atoms with van der Waals surface area (Å²) in [5, 5.41) is 20.9. The van der Waals surface area contributed by atoms with Gasteiger partial charge in [-0.05, 0) is 58.1 Å². The van der Waals surface area contributed by atoms with Gasteiger partial charge in [-0.3, -0.25) is 29.3 Å². The fraction of sp³-hybridized carbons (Fsp3) is 0.118. The van der Waals surface area contributed by atoms with Gasteiger partial charge in [0.1, 0.15) is 0 Å². The van der Waals surface area contributed by atoms with E-state index >= 15 is 0 Å². The van der Waals surface area contributed by atoms with Crippen LogP contribution in [-0.2, 0) is 25.7 Å². The molecule has 2 heterocycles. The van der Waals surface area contributed by atoms with E-state index in [-0.39, 0.29) is 48.6 Å². The lowest BCUT2D eigenvalue weighted by atomic mass is 10.1. The molecule has 2 N–H and O–H groups in total. The zero-order chi connectivity index (χ0) is 33.8. The number of carbonyl (C=O) groups excluding carboxylic acids is 3. The van der Waals surface area contributed by atoms with Gasteiger partial charge in [0.05, 0.1) is 28.9 Å². The fourth-order valence-electron chi connectivity index (χ4n) is 5.13. The highest BCUT2D eigenvalue weighted by Crippen LogP contribution is 2.34. The van der Waals surface area contributed by atoms with E-state index in [4.69, 9.17) is 4.52 Å². The van der Waals surface area contributed by atoms with E-state index < -0.39 is 23.7 Å². The van der Waals surface area contributed by atoms with Crippen molar-refractivity contribution in [2.75, 3.05) is 10.6 Å². The maximum atomic E-state index is 13.6. The first-order valence-corrected chi connectivity index (χ1v) is 14.5. The number of nitrogens with one attached hydrogen (secondary N) is 2. The molecular weight excluding hydrogens is 629 g/mol. The smallest absolute Gasteiger partial charge is 0.416 e. The van der Waals surface area contributed by atoms with Crippen LogP contribution in [0, 0.1) is 0 Å². The van der Waals surface area contributed by atoms with Gasteiger partial charge in [0.2, 0.25) is 11.8 Å². The highest BCUT2D eigenvalue weighted by Gasteiger charge is 2.35. The fourth-order valence-corrected chi connectivity index (χ4v) is 5.13. The summed E-state index contributed by atoms with van der Waals surface area (Å²) in [5.74, 6) is -1.50. The molecule has 0 bridgehead atoms. The zero-order valence-electron chi connectivity index (χ0n) is 24.9. The number of carbonyl (C=O) groups is 3. The number of imide groups is 1. The van der Waals surface area contributed by atoms with Crippen molar-refractivity contribution < 1.29 is 41.9 Å². The summed E-state index contributed by atoms with van der Waals surface area (Å²) in [6.07, 6.45) is -3.51. The topological polar surface area (TPSA) is 144 Å². The molecule has 0 saturated carbocycles.